The van der Waals surface area contributed by atoms with Gasteiger partial charge in [-0.25, -0.2) is 13.2 Å². The number of anilines is 2. The number of ether oxygens (including phenoxy) is 2. The van der Waals surface area contributed by atoms with Crippen LogP contribution in [0.3, 0.4) is 0 Å². The molecule has 0 spiro atoms. The third-order valence-electron chi connectivity index (χ3n) is 6.63. The molecule has 0 saturated carbocycles. The van der Waals surface area contributed by atoms with Gasteiger partial charge in [0.2, 0.25) is 5.60 Å². The summed E-state index contributed by atoms with van der Waals surface area (Å²) in [6.07, 6.45) is -6.80. The first kappa shape index (κ1) is 31.5. The summed E-state index contributed by atoms with van der Waals surface area (Å²) in [5, 5.41) is 22.1. The minimum Gasteiger partial charge on any atom is -0.486 e. The zero-order valence-electron chi connectivity index (χ0n) is 23.2. The quantitative estimate of drug-likeness (QED) is 0.388. The average molecular weight is 639 g/mol. The molecule has 0 radical (unpaired) electrons. The van der Waals surface area contributed by atoms with E-state index in [-0.39, 0.29) is 40.1 Å². The maximum atomic E-state index is 13.9. The molecule has 0 saturated heterocycles. The highest BCUT2D eigenvalue weighted by atomic mass is 35.5. The van der Waals surface area contributed by atoms with Crippen molar-refractivity contribution in [3.63, 3.8) is 0 Å². The van der Waals surface area contributed by atoms with Crippen molar-refractivity contribution in [2.75, 3.05) is 16.2 Å². The number of aliphatic hydroxyl groups is 1. The van der Waals surface area contributed by atoms with Crippen molar-refractivity contribution >= 4 is 44.9 Å². The number of amides is 1. The molecule has 18 heteroatoms. The van der Waals surface area contributed by atoms with Gasteiger partial charge in [0.25, 0.3) is 10.0 Å². The Morgan fingerprint density at radius 3 is 2.55 bits per heavy atom. The van der Waals surface area contributed by atoms with Gasteiger partial charge < -0.3 is 24.7 Å². The number of aryl methyl sites for hydroxylation is 1. The van der Waals surface area contributed by atoms with Crippen LogP contribution in [-0.2, 0) is 26.1 Å². The molecule has 13 nitrogen and oxygen atoms in total. The normalized spacial score (nSPS) is 19.3. The Morgan fingerprint density at radius 2 is 1.98 bits per heavy atom. The van der Waals surface area contributed by atoms with E-state index < -0.39 is 45.8 Å². The van der Waals surface area contributed by atoms with Crippen LogP contribution in [0.2, 0.25) is 5.15 Å². The third kappa shape index (κ3) is 6.32. The van der Waals surface area contributed by atoms with Crippen molar-refractivity contribution in [3.8, 4) is 5.75 Å². The largest absolute Gasteiger partial charge is 0.486 e. The molecular formula is C24H30ClF3N6O7S. The van der Waals surface area contributed by atoms with E-state index in [0.717, 1.165) is 4.31 Å². The third-order valence-corrected chi connectivity index (χ3v) is 8.80. The summed E-state index contributed by atoms with van der Waals surface area (Å²) in [7, 11) is -4.37. The fourth-order valence-corrected chi connectivity index (χ4v) is 6.20. The molecule has 1 unspecified atom stereocenters. The van der Waals surface area contributed by atoms with Crippen molar-refractivity contribution in [2.45, 2.75) is 76.8 Å². The fraction of sp³-hybridized carbons (Fsp3) is 0.542. The maximum Gasteiger partial charge on any atom is 0.427 e. The number of fused-ring (bicyclic) bond motifs is 1. The minimum absolute atomic E-state index is 0.00709. The lowest BCUT2D eigenvalue weighted by atomic mass is 9.84. The minimum atomic E-state index is -4.83. The Hall–Kier alpha value is -3.44. The molecule has 0 aliphatic carbocycles. The number of halogens is 4. The van der Waals surface area contributed by atoms with E-state index in [1.165, 1.54) is 29.1 Å². The van der Waals surface area contributed by atoms with Gasteiger partial charge in [0.05, 0.1) is 12.2 Å². The molecule has 1 aromatic carbocycles. The van der Waals surface area contributed by atoms with Crippen molar-refractivity contribution in [2.24, 2.45) is 10.6 Å². The molecule has 0 bridgehead atoms. The molecule has 2 atom stereocenters. The van der Waals surface area contributed by atoms with Crippen LogP contribution < -0.4 is 19.7 Å². The number of oxime groups is 1. The summed E-state index contributed by atoms with van der Waals surface area (Å²) in [4.78, 5) is 16.8. The number of carbonyl (C=O) groups excluding carboxylic acids is 1. The summed E-state index contributed by atoms with van der Waals surface area (Å²) in [5.41, 5.74) is -3.60. The Balaban J connectivity index is 1.68. The molecule has 42 heavy (non-hydrogen) atoms. The number of alkyl halides is 3. The number of benzene rings is 1. The number of nitrogens with zero attached hydrogens (tertiary/aromatic N) is 4. The number of nitrogens with one attached hydrogen (secondary N) is 2. The van der Waals surface area contributed by atoms with Crippen LogP contribution in [0.5, 0.6) is 5.75 Å². The first-order valence-corrected chi connectivity index (χ1v) is 14.5. The monoisotopic (exact) mass is 638 g/mol. The van der Waals surface area contributed by atoms with E-state index in [1.54, 1.807) is 20.8 Å². The van der Waals surface area contributed by atoms with Gasteiger partial charge in [0.1, 0.15) is 16.7 Å². The van der Waals surface area contributed by atoms with E-state index >= 15 is 0 Å². The van der Waals surface area contributed by atoms with Gasteiger partial charge in [0, 0.05) is 23.8 Å². The number of hydrogen-bond acceptors (Lipinski definition) is 10. The summed E-state index contributed by atoms with van der Waals surface area (Å²) >= 11 is 6.20. The summed E-state index contributed by atoms with van der Waals surface area (Å²) in [6.45, 7) is 6.85. The molecule has 2 aromatic rings. The summed E-state index contributed by atoms with van der Waals surface area (Å²) in [5.74, 6) is 0.433. The van der Waals surface area contributed by atoms with Crippen molar-refractivity contribution in [1.82, 2.24) is 15.1 Å². The molecule has 2 aliphatic rings. The predicted molar refractivity (Wildman–Crippen MR) is 145 cm³/mol. The zero-order valence-corrected chi connectivity index (χ0v) is 24.8. The molecule has 3 N–H and O–H groups in total. The van der Waals surface area contributed by atoms with Crippen LogP contribution in [-0.4, -0.2) is 66.1 Å². The number of amidine groups is 1. The summed E-state index contributed by atoms with van der Waals surface area (Å²) in [6, 6.07) is 3.94. The average Bonchev–Trinajstić information content (AvgIpc) is 3.48. The van der Waals surface area contributed by atoms with Gasteiger partial charge in [-0.2, -0.15) is 18.3 Å². The molecule has 1 amide bonds. The SMILES string of the molecule is CCn1cc(S(=O)(=O)N2C[C@H](CC(C)(C)C3=NOC(O)N3)Oc3ccc(NC(=O)OC(C)(C)C(F)(F)F)cc32)c(Cl)n1. The molecule has 2 aliphatic heterocycles. The van der Waals surface area contributed by atoms with E-state index in [1.807, 2.05) is 0 Å². The number of sulfonamides is 1. The highest BCUT2D eigenvalue weighted by Crippen LogP contribution is 2.42. The topological polar surface area (TPSA) is 157 Å². The van der Waals surface area contributed by atoms with Crippen LogP contribution in [0.4, 0.5) is 29.3 Å². The second kappa shape index (κ2) is 11.0. The lowest BCUT2D eigenvalue weighted by Gasteiger charge is -2.38. The van der Waals surface area contributed by atoms with E-state index in [0.29, 0.717) is 26.2 Å². The molecule has 0 fully saturated rings. The predicted octanol–water partition coefficient (Wildman–Crippen LogP) is 4.03. The van der Waals surface area contributed by atoms with Gasteiger partial charge in [-0.1, -0.05) is 30.6 Å². The number of rotatable bonds is 8. The van der Waals surface area contributed by atoms with Crippen molar-refractivity contribution < 1.29 is 45.8 Å². The first-order chi connectivity index (χ1) is 19.3. The second-order valence-electron chi connectivity index (χ2n) is 10.8. The van der Waals surface area contributed by atoms with Crippen LogP contribution >= 0.6 is 11.6 Å². The Bertz CT molecular complexity index is 1500. The molecular weight excluding hydrogens is 609 g/mol. The standard InChI is InChI=1S/C24H30ClF3N6O7S/c1-6-33-12-17(18(25)31-33)42(37,38)34-11-14(10-22(2,3)19-30-21(36)41-32-19)39-16-8-7-13(9-15(16)34)29-20(35)40-23(4,5)24(26,27)28/h7-9,12,14,21,36H,6,10-11H2,1-5H3,(H,29,35)(H,30,32)/t14-,21?/m0/s1. The number of aromatic nitrogens is 2. The van der Waals surface area contributed by atoms with E-state index in [4.69, 9.17) is 21.2 Å². The second-order valence-corrected chi connectivity index (χ2v) is 12.9. The number of hydrogen-bond donors (Lipinski definition) is 3. The van der Waals surface area contributed by atoms with Gasteiger partial charge in [-0.05, 0) is 45.4 Å². The lowest BCUT2D eigenvalue weighted by Crippen LogP contribution is -2.47. The van der Waals surface area contributed by atoms with Crippen molar-refractivity contribution in [3.05, 3.63) is 29.5 Å². The van der Waals surface area contributed by atoms with Gasteiger partial charge in [-0.3, -0.25) is 14.3 Å². The van der Waals surface area contributed by atoms with Crippen LogP contribution in [0.1, 0.15) is 41.0 Å². The van der Waals surface area contributed by atoms with Crippen LogP contribution in [0.25, 0.3) is 0 Å². The van der Waals surface area contributed by atoms with Crippen LogP contribution in [0, 0.1) is 5.41 Å². The maximum absolute atomic E-state index is 13.9. The summed E-state index contributed by atoms with van der Waals surface area (Å²) < 4.78 is 80.5. The lowest BCUT2D eigenvalue weighted by molar-refractivity contribution is -0.242. The molecule has 3 heterocycles. The van der Waals surface area contributed by atoms with Gasteiger partial charge >= 0.3 is 18.7 Å². The fourth-order valence-electron chi connectivity index (χ4n) is 4.25. The Morgan fingerprint density at radius 1 is 1.29 bits per heavy atom. The van der Waals surface area contributed by atoms with Crippen molar-refractivity contribution in [1.29, 1.82) is 0 Å². The highest BCUT2D eigenvalue weighted by Gasteiger charge is 2.51. The van der Waals surface area contributed by atoms with Gasteiger partial charge in [-0.15, -0.1) is 0 Å². The smallest absolute Gasteiger partial charge is 0.427 e. The highest BCUT2D eigenvalue weighted by molar-refractivity contribution is 7.93. The number of carbonyl (C=O) groups is 1. The Kier molecular flexibility index (Phi) is 8.25. The van der Waals surface area contributed by atoms with Crippen LogP contribution in [0.15, 0.2) is 34.4 Å². The molecule has 4 rings (SSSR count). The zero-order chi connectivity index (χ0) is 31.3. The molecule has 232 valence electrons. The first-order valence-electron chi connectivity index (χ1n) is 12.7. The number of aliphatic hydroxyl groups excluding tert-OH is 1. The van der Waals surface area contributed by atoms with E-state index in [2.05, 4.69) is 25.6 Å². The van der Waals surface area contributed by atoms with E-state index in [9.17, 15) is 31.5 Å². The van der Waals surface area contributed by atoms with Gasteiger partial charge in [0.15, 0.2) is 11.0 Å². The Labute approximate surface area is 244 Å². The molecule has 1 aromatic heterocycles.